The Morgan fingerprint density at radius 1 is 1.33 bits per heavy atom. The zero-order chi connectivity index (χ0) is 10.7. The summed E-state index contributed by atoms with van der Waals surface area (Å²) in [5, 5.41) is 3.46. The summed E-state index contributed by atoms with van der Waals surface area (Å²) in [5.74, 6) is 1.14. The largest absolute Gasteiger partial charge is 0.331 e. The molecule has 1 aromatic heterocycles. The van der Waals surface area contributed by atoms with E-state index in [0.29, 0.717) is 12.1 Å². The van der Waals surface area contributed by atoms with Gasteiger partial charge in [0.1, 0.15) is 5.82 Å². The lowest BCUT2D eigenvalue weighted by Crippen LogP contribution is -2.34. The lowest BCUT2D eigenvalue weighted by atomic mass is 10.0. The highest BCUT2D eigenvalue weighted by atomic mass is 15.1. The fraction of sp³-hybridized carbons (Fsp3) is 0.750. The van der Waals surface area contributed by atoms with E-state index in [1.807, 2.05) is 6.20 Å². The first-order chi connectivity index (χ1) is 7.33. The molecule has 1 aliphatic rings. The molecular formula is C12H21N3. The fourth-order valence-corrected chi connectivity index (χ4v) is 2.70. The number of aromatic nitrogens is 2. The van der Waals surface area contributed by atoms with Crippen LogP contribution in [-0.4, -0.2) is 22.6 Å². The molecule has 1 saturated carbocycles. The normalized spacial score (nSPS) is 27.6. The van der Waals surface area contributed by atoms with Crippen molar-refractivity contribution in [1.82, 2.24) is 14.9 Å². The van der Waals surface area contributed by atoms with E-state index >= 15 is 0 Å². The number of likely N-dealkylation sites (N-methyl/N-ethyl adjacent to an activating group) is 1. The first-order valence-corrected chi connectivity index (χ1v) is 5.99. The van der Waals surface area contributed by atoms with E-state index in [1.165, 1.54) is 32.1 Å². The first-order valence-electron chi connectivity index (χ1n) is 5.99. The Morgan fingerprint density at radius 2 is 2.13 bits per heavy atom. The molecule has 0 bridgehead atoms. The molecule has 1 heterocycles. The maximum Gasteiger partial charge on any atom is 0.105 e. The van der Waals surface area contributed by atoms with Gasteiger partial charge in [-0.05, 0) is 26.8 Å². The van der Waals surface area contributed by atoms with Crippen molar-refractivity contribution in [2.75, 3.05) is 7.05 Å². The van der Waals surface area contributed by atoms with Crippen molar-refractivity contribution in [3.63, 3.8) is 0 Å². The number of nitrogens with one attached hydrogen (secondary N) is 1. The summed E-state index contributed by atoms with van der Waals surface area (Å²) in [5.41, 5.74) is 0. The number of aryl methyl sites for hydroxylation is 1. The molecule has 0 aliphatic heterocycles. The Kier molecular flexibility index (Phi) is 3.41. The van der Waals surface area contributed by atoms with E-state index in [2.05, 4.69) is 35.0 Å². The van der Waals surface area contributed by atoms with Crippen molar-refractivity contribution in [3.8, 4) is 0 Å². The summed E-state index contributed by atoms with van der Waals surface area (Å²) >= 11 is 0. The number of rotatable bonds is 2. The molecule has 1 fully saturated rings. The molecule has 0 radical (unpaired) electrons. The van der Waals surface area contributed by atoms with E-state index in [9.17, 15) is 0 Å². The predicted octanol–water partition coefficient (Wildman–Crippen LogP) is 2.28. The van der Waals surface area contributed by atoms with Crippen molar-refractivity contribution in [2.24, 2.45) is 0 Å². The Morgan fingerprint density at radius 3 is 2.80 bits per heavy atom. The van der Waals surface area contributed by atoms with E-state index in [1.54, 1.807) is 0 Å². The average Bonchev–Trinajstić information content (AvgIpc) is 2.54. The van der Waals surface area contributed by atoms with Gasteiger partial charge in [-0.3, -0.25) is 0 Å². The monoisotopic (exact) mass is 207 g/mol. The Hall–Kier alpha value is -0.830. The van der Waals surface area contributed by atoms with Gasteiger partial charge in [-0.1, -0.05) is 19.3 Å². The molecule has 2 rings (SSSR count). The molecule has 0 saturated heterocycles. The highest BCUT2D eigenvalue weighted by Crippen LogP contribution is 2.28. The van der Waals surface area contributed by atoms with Crippen molar-refractivity contribution in [3.05, 3.63) is 18.2 Å². The number of imidazole rings is 1. The molecule has 0 aromatic carbocycles. The van der Waals surface area contributed by atoms with Gasteiger partial charge in [0.25, 0.3) is 0 Å². The third-order valence-corrected chi connectivity index (χ3v) is 3.57. The Balaban J connectivity index is 2.20. The van der Waals surface area contributed by atoms with Crippen LogP contribution in [0.5, 0.6) is 0 Å². The van der Waals surface area contributed by atoms with Crippen LogP contribution in [0.2, 0.25) is 0 Å². The van der Waals surface area contributed by atoms with Crippen LogP contribution in [0, 0.1) is 6.92 Å². The van der Waals surface area contributed by atoms with Gasteiger partial charge in [-0.15, -0.1) is 0 Å². The van der Waals surface area contributed by atoms with E-state index in [0.717, 1.165) is 5.82 Å². The lowest BCUT2D eigenvalue weighted by Gasteiger charge is -2.27. The van der Waals surface area contributed by atoms with Crippen LogP contribution < -0.4 is 5.32 Å². The summed E-state index contributed by atoms with van der Waals surface area (Å²) in [6, 6.07) is 1.21. The van der Waals surface area contributed by atoms with Crippen LogP contribution in [-0.2, 0) is 0 Å². The first kappa shape index (κ1) is 10.7. The number of hydrogen-bond donors (Lipinski definition) is 1. The number of hydrogen-bond acceptors (Lipinski definition) is 2. The summed E-state index contributed by atoms with van der Waals surface area (Å²) in [4.78, 5) is 4.33. The van der Waals surface area contributed by atoms with Crippen molar-refractivity contribution >= 4 is 0 Å². The maximum absolute atomic E-state index is 4.33. The molecular weight excluding hydrogens is 186 g/mol. The number of nitrogens with zero attached hydrogens (tertiary/aromatic N) is 2. The summed E-state index contributed by atoms with van der Waals surface area (Å²) in [7, 11) is 2.08. The van der Waals surface area contributed by atoms with Gasteiger partial charge in [-0.25, -0.2) is 4.98 Å². The highest BCUT2D eigenvalue weighted by molar-refractivity contribution is 4.96. The molecule has 2 atom stereocenters. The molecule has 1 aromatic rings. The summed E-state index contributed by atoms with van der Waals surface area (Å²) in [6.45, 7) is 2.09. The molecule has 84 valence electrons. The summed E-state index contributed by atoms with van der Waals surface area (Å²) in [6.07, 6.45) is 10.7. The average molecular weight is 207 g/mol. The fourth-order valence-electron chi connectivity index (χ4n) is 2.70. The highest BCUT2D eigenvalue weighted by Gasteiger charge is 2.24. The van der Waals surface area contributed by atoms with Crippen LogP contribution in [0.25, 0.3) is 0 Å². The van der Waals surface area contributed by atoms with Gasteiger partial charge >= 0.3 is 0 Å². The molecule has 2 unspecified atom stereocenters. The lowest BCUT2D eigenvalue weighted by molar-refractivity contribution is 0.342. The van der Waals surface area contributed by atoms with Crippen molar-refractivity contribution in [1.29, 1.82) is 0 Å². The zero-order valence-corrected chi connectivity index (χ0v) is 9.74. The molecule has 0 spiro atoms. The SMILES string of the molecule is CNC1CCCCCC1n1ccnc1C. The van der Waals surface area contributed by atoms with Crippen LogP contribution >= 0.6 is 0 Å². The predicted molar refractivity (Wildman–Crippen MR) is 61.9 cm³/mol. The second kappa shape index (κ2) is 4.79. The second-order valence-electron chi connectivity index (χ2n) is 4.48. The minimum atomic E-state index is 0.597. The van der Waals surface area contributed by atoms with Gasteiger partial charge in [0.2, 0.25) is 0 Å². The van der Waals surface area contributed by atoms with Gasteiger partial charge in [-0.2, -0.15) is 0 Å². The standard InChI is InChI=1S/C12H21N3/c1-10-14-8-9-15(10)12-7-5-3-4-6-11(12)13-2/h8-9,11-13H,3-7H2,1-2H3. The third kappa shape index (κ3) is 2.23. The Bertz CT molecular complexity index is 306. The van der Waals surface area contributed by atoms with Gasteiger partial charge < -0.3 is 9.88 Å². The van der Waals surface area contributed by atoms with Crippen LogP contribution in [0.4, 0.5) is 0 Å². The van der Waals surface area contributed by atoms with Crippen molar-refractivity contribution in [2.45, 2.75) is 51.1 Å². The minimum absolute atomic E-state index is 0.597. The molecule has 1 N–H and O–H groups in total. The topological polar surface area (TPSA) is 29.9 Å². The quantitative estimate of drug-likeness (QED) is 0.754. The zero-order valence-electron chi connectivity index (χ0n) is 9.74. The van der Waals surface area contributed by atoms with Crippen LogP contribution in [0.1, 0.15) is 44.0 Å². The molecule has 1 aliphatic carbocycles. The van der Waals surface area contributed by atoms with Gasteiger partial charge in [0.05, 0.1) is 6.04 Å². The Labute approximate surface area is 91.9 Å². The van der Waals surface area contributed by atoms with Gasteiger partial charge in [0, 0.05) is 18.4 Å². The van der Waals surface area contributed by atoms with Gasteiger partial charge in [0.15, 0.2) is 0 Å². The second-order valence-corrected chi connectivity index (χ2v) is 4.48. The third-order valence-electron chi connectivity index (χ3n) is 3.57. The van der Waals surface area contributed by atoms with Crippen molar-refractivity contribution < 1.29 is 0 Å². The summed E-state index contributed by atoms with van der Waals surface area (Å²) < 4.78 is 2.34. The van der Waals surface area contributed by atoms with E-state index in [4.69, 9.17) is 0 Å². The van der Waals surface area contributed by atoms with E-state index in [-0.39, 0.29) is 0 Å². The molecule has 3 heteroatoms. The molecule has 15 heavy (non-hydrogen) atoms. The maximum atomic E-state index is 4.33. The minimum Gasteiger partial charge on any atom is -0.331 e. The van der Waals surface area contributed by atoms with Crippen LogP contribution in [0.3, 0.4) is 0 Å². The molecule has 3 nitrogen and oxygen atoms in total. The van der Waals surface area contributed by atoms with Crippen LogP contribution in [0.15, 0.2) is 12.4 Å². The molecule has 0 amide bonds. The van der Waals surface area contributed by atoms with E-state index < -0.39 is 0 Å². The smallest absolute Gasteiger partial charge is 0.105 e.